The van der Waals surface area contributed by atoms with Crippen LogP contribution in [0.15, 0.2) is 41.6 Å². The number of primary sulfonamides is 1. The first-order valence-electron chi connectivity index (χ1n) is 8.25. The molecule has 3 aromatic heterocycles. The van der Waals surface area contributed by atoms with Gasteiger partial charge in [0, 0.05) is 18.0 Å². The molecule has 0 saturated heterocycles. The Labute approximate surface area is 159 Å². The minimum absolute atomic E-state index is 0.281. The van der Waals surface area contributed by atoms with Gasteiger partial charge in [-0.25, -0.2) is 27.9 Å². The minimum atomic E-state index is -4.11. The van der Waals surface area contributed by atoms with Crippen LogP contribution in [0.5, 0.6) is 5.88 Å². The van der Waals surface area contributed by atoms with Crippen LogP contribution in [0.3, 0.4) is 0 Å². The van der Waals surface area contributed by atoms with Gasteiger partial charge in [0.05, 0.1) is 24.6 Å². The zero-order chi connectivity index (χ0) is 20.1. The fourth-order valence-corrected chi connectivity index (χ4v) is 3.73. The summed E-state index contributed by atoms with van der Waals surface area (Å²) < 4.78 is 44.0. The van der Waals surface area contributed by atoms with Gasteiger partial charge in [-0.3, -0.25) is 0 Å². The van der Waals surface area contributed by atoms with Gasteiger partial charge in [-0.2, -0.15) is 4.98 Å². The Balaban J connectivity index is 1.85. The van der Waals surface area contributed by atoms with E-state index in [2.05, 4.69) is 15.0 Å². The summed E-state index contributed by atoms with van der Waals surface area (Å²) in [6.07, 6.45) is 1.63. The molecule has 0 saturated carbocycles. The Morgan fingerprint density at radius 1 is 1.21 bits per heavy atom. The number of hydrogen-bond acceptors (Lipinski definition) is 6. The van der Waals surface area contributed by atoms with Crippen LogP contribution < -0.4 is 9.88 Å². The number of benzene rings is 1. The number of nitrogens with zero attached hydrogens (tertiary/aromatic N) is 4. The van der Waals surface area contributed by atoms with Crippen molar-refractivity contribution >= 4 is 32.1 Å². The number of halogens is 1. The summed E-state index contributed by atoms with van der Waals surface area (Å²) >= 11 is 0. The van der Waals surface area contributed by atoms with Crippen LogP contribution in [0.1, 0.15) is 11.3 Å². The highest BCUT2D eigenvalue weighted by Crippen LogP contribution is 2.27. The van der Waals surface area contributed by atoms with Crippen molar-refractivity contribution in [1.82, 2.24) is 19.5 Å². The molecular weight excluding hydrogens is 385 g/mol. The number of rotatable bonds is 4. The number of aromatic nitrogens is 4. The molecule has 0 fully saturated rings. The zero-order valence-corrected chi connectivity index (χ0v) is 15.9. The maximum absolute atomic E-state index is 14.2. The van der Waals surface area contributed by atoms with Crippen LogP contribution in [0.4, 0.5) is 4.39 Å². The molecule has 8 nitrogen and oxygen atoms in total. The lowest BCUT2D eigenvalue weighted by Gasteiger charge is -2.09. The molecule has 4 rings (SSSR count). The van der Waals surface area contributed by atoms with Gasteiger partial charge < -0.3 is 9.30 Å². The van der Waals surface area contributed by atoms with Crippen molar-refractivity contribution in [1.29, 1.82) is 0 Å². The van der Waals surface area contributed by atoms with Crippen molar-refractivity contribution in [2.24, 2.45) is 5.14 Å². The fraction of sp³-hybridized carbons (Fsp3) is 0.167. The quantitative estimate of drug-likeness (QED) is 0.560. The van der Waals surface area contributed by atoms with E-state index in [1.807, 2.05) is 17.6 Å². The average Bonchev–Trinajstić information content (AvgIpc) is 3.05. The van der Waals surface area contributed by atoms with Crippen LogP contribution in [0.2, 0.25) is 0 Å². The standard InChI is InChI=1S/C18H16FN5O3S/c1-10-16-17(12-4-6-15(27-2)23-18(12)22-10)24(9-21-16)8-11-3-5-14(13(19)7-11)28(20,25)26/h3-7,9H,8H2,1-2H3,(H2,20,25,26). The molecule has 10 heteroatoms. The third-order valence-corrected chi connectivity index (χ3v) is 5.37. The van der Waals surface area contributed by atoms with Gasteiger partial charge in [0.15, 0.2) is 5.65 Å². The lowest BCUT2D eigenvalue weighted by Crippen LogP contribution is -2.14. The molecule has 3 heterocycles. The zero-order valence-electron chi connectivity index (χ0n) is 15.0. The Bertz CT molecular complexity index is 1330. The van der Waals surface area contributed by atoms with Gasteiger partial charge in [0.1, 0.15) is 16.2 Å². The van der Waals surface area contributed by atoms with E-state index in [1.165, 1.54) is 13.2 Å². The van der Waals surface area contributed by atoms with E-state index in [9.17, 15) is 12.8 Å². The van der Waals surface area contributed by atoms with Crippen LogP contribution in [-0.2, 0) is 16.6 Å². The minimum Gasteiger partial charge on any atom is -0.481 e. The lowest BCUT2D eigenvalue weighted by molar-refractivity contribution is 0.399. The van der Waals surface area contributed by atoms with Crippen molar-refractivity contribution in [3.05, 3.63) is 53.7 Å². The normalized spacial score (nSPS) is 12.0. The Hall–Kier alpha value is -3.11. The molecule has 2 N–H and O–H groups in total. The van der Waals surface area contributed by atoms with E-state index < -0.39 is 20.7 Å². The summed E-state index contributed by atoms with van der Waals surface area (Å²) in [6, 6.07) is 7.42. The van der Waals surface area contributed by atoms with E-state index in [1.54, 1.807) is 12.4 Å². The SMILES string of the molecule is COc1ccc2c(n1)nc(C)c1ncn(Cc3ccc(S(N)(=O)=O)c(F)c3)c12. The van der Waals surface area contributed by atoms with Crippen molar-refractivity contribution in [3.8, 4) is 5.88 Å². The summed E-state index contributed by atoms with van der Waals surface area (Å²) in [5.74, 6) is -0.441. The highest BCUT2D eigenvalue weighted by molar-refractivity contribution is 7.89. The molecule has 0 amide bonds. The van der Waals surface area contributed by atoms with Gasteiger partial charge >= 0.3 is 0 Å². The number of hydrogen-bond donors (Lipinski definition) is 1. The third-order valence-electron chi connectivity index (χ3n) is 4.42. The second-order valence-corrected chi connectivity index (χ2v) is 7.83. The average molecular weight is 401 g/mol. The molecule has 1 aromatic carbocycles. The van der Waals surface area contributed by atoms with Crippen molar-refractivity contribution in [2.45, 2.75) is 18.4 Å². The van der Waals surface area contributed by atoms with E-state index in [0.717, 1.165) is 23.0 Å². The highest BCUT2D eigenvalue weighted by Gasteiger charge is 2.16. The molecule has 0 radical (unpaired) electrons. The predicted octanol–water partition coefficient (Wildman–Crippen LogP) is 2.13. The summed E-state index contributed by atoms with van der Waals surface area (Å²) in [5, 5.41) is 5.79. The fourth-order valence-electron chi connectivity index (χ4n) is 3.15. The Morgan fingerprint density at radius 3 is 2.68 bits per heavy atom. The van der Waals surface area contributed by atoms with Gasteiger partial charge in [0.2, 0.25) is 15.9 Å². The summed E-state index contributed by atoms with van der Waals surface area (Å²) in [6.45, 7) is 2.11. The molecule has 0 spiro atoms. The number of ether oxygens (including phenoxy) is 1. The number of aryl methyl sites for hydroxylation is 1. The van der Waals surface area contributed by atoms with E-state index in [-0.39, 0.29) is 6.54 Å². The van der Waals surface area contributed by atoms with Gasteiger partial charge in [0.25, 0.3) is 0 Å². The molecule has 28 heavy (non-hydrogen) atoms. The largest absolute Gasteiger partial charge is 0.481 e. The van der Waals surface area contributed by atoms with Crippen molar-refractivity contribution < 1.29 is 17.5 Å². The Morgan fingerprint density at radius 2 is 2.00 bits per heavy atom. The molecule has 4 aromatic rings. The molecule has 144 valence electrons. The summed E-state index contributed by atoms with van der Waals surface area (Å²) in [7, 11) is -2.58. The maximum Gasteiger partial charge on any atom is 0.240 e. The monoisotopic (exact) mass is 401 g/mol. The van der Waals surface area contributed by atoms with Crippen LogP contribution >= 0.6 is 0 Å². The van der Waals surface area contributed by atoms with E-state index in [4.69, 9.17) is 9.88 Å². The molecule has 0 atom stereocenters. The number of nitrogens with two attached hydrogens (primary N) is 1. The molecule has 0 aliphatic heterocycles. The maximum atomic E-state index is 14.2. The van der Waals surface area contributed by atoms with Crippen LogP contribution in [0.25, 0.3) is 22.1 Å². The number of sulfonamides is 1. The number of methoxy groups -OCH3 is 1. The molecule has 0 aliphatic rings. The first kappa shape index (κ1) is 18.3. The van der Waals surface area contributed by atoms with Crippen LogP contribution in [-0.4, -0.2) is 35.0 Å². The Kier molecular flexibility index (Phi) is 4.24. The number of pyridine rings is 2. The first-order valence-corrected chi connectivity index (χ1v) is 9.80. The van der Waals surface area contributed by atoms with Crippen molar-refractivity contribution in [2.75, 3.05) is 7.11 Å². The topological polar surface area (TPSA) is 113 Å². The number of fused-ring (bicyclic) bond motifs is 3. The molecule has 0 bridgehead atoms. The molecule has 0 unspecified atom stereocenters. The predicted molar refractivity (Wildman–Crippen MR) is 101 cm³/mol. The van der Waals surface area contributed by atoms with Crippen molar-refractivity contribution in [3.63, 3.8) is 0 Å². The lowest BCUT2D eigenvalue weighted by atomic mass is 10.2. The molecular formula is C18H16FN5O3S. The van der Waals surface area contributed by atoms with E-state index >= 15 is 0 Å². The van der Waals surface area contributed by atoms with Gasteiger partial charge in [-0.1, -0.05) is 6.07 Å². The second-order valence-electron chi connectivity index (χ2n) is 6.30. The summed E-state index contributed by atoms with van der Waals surface area (Å²) in [5.41, 5.74) is 3.29. The van der Waals surface area contributed by atoms with Gasteiger partial charge in [-0.15, -0.1) is 0 Å². The van der Waals surface area contributed by atoms with E-state index in [0.29, 0.717) is 28.3 Å². The molecule has 0 aliphatic carbocycles. The second kappa shape index (κ2) is 6.50. The summed E-state index contributed by atoms with van der Waals surface area (Å²) in [4.78, 5) is 12.7. The highest BCUT2D eigenvalue weighted by atomic mass is 32.2. The van der Waals surface area contributed by atoms with Crippen LogP contribution in [0, 0.1) is 12.7 Å². The smallest absolute Gasteiger partial charge is 0.240 e. The number of imidazole rings is 1. The van der Waals surface area contributed by atoms with Gasteiger partial charge in [-0.05, 0) is 30.7 Å². The third kappa shape index (κ3) is 3.06. The first-order chi connectivity index (χ1) is 13.3.